The largest absolute Gasteiger partial charge is 0.497 e. The van der Waals surface area contributed by atoms with Crippen molar-refractivity contribution < 1.29 is 9.53 Å². The van der Waals surface area contributed by atoms with Gasteiger partial charge in [-0.2, -0.15) is 10.1 Å². The van der Waals surface area contributed by atoms with Crippen LogP contribution in [0.15, 0.2) is 78.3 Å². The Bertz CT molecular complexity index is 1130. The van der Waals surface area contributed by atoms with Gasteiger partial charge in [0.2, 0.25) is 5.95 Å². The molecule has 0 spiro atoms. The molecule has 0 saturated carbocycles. The molecule has 6 nitrogen and oxygen atoms in total. The predicted molar refractivity (Wildman–Crippen MR) is 115 cm³/mol. The van der Waals surface area contributed by atoms with E-state index < -0.39 is 0 Å². The Hall–Kier alpha value is -3.67. The van der Waals surface area contributed by atoms with E-state index in [2.05, 4.69) is 15.4 Å². The fraction of sp³-hybridized carbons (Fsp3) is 0.208. The normalized spacial score (nSPS) is 20.6. The maximum atomic E-state index is 13.3. The second-order valence-electron chi connectivity index (χ2n) is 7.56. The molecule has 1 aliphatic carbocycles. The number of ketones is 1. The Kier molecular flexibility index (Phi) is 4.67. The molecule has 0 fully saturated rings. The number of carbonyl (C=O) groups excluding carboxylic acids is 1. The maximum Gasteiger partial charge on any atom is 0.226 e. The molecule has 1 aromatic heterocycles. The quantitative estimate of drug-likeness (QED) is 0.707. The van der Waals surface area contributed by atoms with Crippen LogP contribution >= 0.6 is 0 Å². The van der Waals surface area contributed by atoms with Gasteiger partial charge in [-0.25, -0.2) is 4.68 Å². The first-order chi connectivity index (χ1) is 14.7. The number of rotatable bonds is 4. The standard InChI is InChI=1S/C24H22N4O2/c1-30-19-10-8-17(9-11-19)18-13-20-23(22(29)14-18)21(28-24(27-20)25-15-26-28)12-7-16-5-3-2-4-6-16/h2-12,15,18,21H,13-14H2,1H3,(H,25,26,27)/b12-7+. The number of nitrogens with zero attached hydrogens (tertiary/aromatic N) is 3. The molecule has 2 atom stereocenters. The summed E-state index contributed by atoms with van der Waals surface area (Å²) in [6.45, 7) is 0. The average molecular weight is 398 g/mol. The number of hydrogen-bond acceptors (Lipinski definition) is 5. The van der Waals surface area contributed by atoms with Crippen LogP contribution in [0.4, 0.5) is 5.95 Å². The third-order valence-electron chi connectivity index (χ3n) is 5.76. The van der Waals surface area contributed by atoms with E-state index in [1.807, 2.05) is 66.7 Å². The highest BCUT2D eigenvalue weighted by Gasteiger charge is 2.37. The van der Waals surface area contributed by atoms with Crippen molar-refractivity contribution in [3.05, 3.63) is 89.4 Å². The van der Waals surface area contributed by atoms with Gasteiger partial charge >= 0.3 is 0 Å². The summed E-state index contributed by atoms with van der Waals surface area (Å²) in [6.07, 6.45) is 6.84. The molecule has 2 unspecified atom stereocenters. The SMILES string of the molecule is COc1ccc(C2CC(=O)C3=C(C2)Nc2ncnn2C3/C=C/c2ccccc2)cc1. The summed E-state index contributed by atoms with van der Waals surface area (Å²) >= 11 is 0. The summed E-state index contributed by atoms with van der Waals surface area (Å²) in [5.41, 5.74) is 3.94. The van der Waals surface area contributed by atoms with Crippen LogP contribution in [0.1, 0.15) is 35.9 Å². The fourth-order valence-electron chi connectivity index (χ4n) is 4.25. The molecule has 150 valence electrons. The first-order valence-electron chi connectivity index (χ1n) is 10.0. The monoisotopic (exact) mass is 398 g/mol. The molecular weight excluding hydrogens is 376 g/mol. The van der Waals surface area contributed by atoms with E-state index in [0.29, 0.717) is 12.4 Å². The number of nitrogens with one attached hydrogen (secondary N) is 1. The number of ether oxygens (including phenoxy) is 1. The Balaban J connectivity index is 1.49. The number of aromatic nitrogens is 3. The molecule has 3 aromatic rings. The summed E-state index contributed by atoms with van der Waals surface area (Å²) in [7, 11) is 1.65. The number of benzene rings is 2. The predicted octanol–water partition coefficient (Wildman–Crippen LogP) is 4.37. The van der Waals surface area contributed by atoms with Gasteiger partial charge in [0.15, 0.2) is 5.78 Å². The van der Waals surface area contributed by atoms with E-state index in [-0.39, 0.29) is 17.7 Å². The van der Waals surface area contributed by atoms with Gasteiger partial charge in [-0.15, -0.1) is 0 Å². The molecule has 2 heterocycles. The van der Waals surface area contributed by atoms with Crippen LogP contribution in [0.2, 0.25) is 0 Å². The van der Waals surface area contributed by atoms with Crippen molar-refractivity contribution >= 4 is 17.8 Å². The number of allylic oxidation sites excluding steroid dienone is 3. The number of Topliss-reactive ketones (excluding diaryl/α,β-unsaturated/α-hetero) is 1. The average Bonchev–Trinajstić information content (AvgIpc) is 3.26. The summed E-state index contributed by atoms with van der Waals surface area (Å²) in [5.74, 6) is 1.76. The molecule has 1 N–H and O–H groups in total. The fourth-order valence-corrected chi connectivity index (χ4v) is 4.25. The first-order valence-corrected chi connectivity index (χ1v) is 10.0. The first kappa shape index (κ1) is 18.4. The van der Waals surface area contributed by atoms with Crippen LogP contribution in [0.5, 0.6) is 5.75 Å². The van der Waals surface area contributed by atoms with Crippen LogP contribution in [0.3, 0.4) is 0 Å². The third kappa shape index (κ3) is 3.30. The van der Waals surface area contributed by atoms with E-state index in [0.717, 1.165) is 34.6 Å². The number of carbonyl (C=O) groups is 1. The topological polar surface area (TPSA) is 69.0 Å². The molecule has 0 saturated heterocycles. The second kappa shape index (κ2) is 7.63. The van der Waals surface area contributed by atoms with E-state index in [9.17, 15) is 4.79 Å². The summed E-state index contributed by atoms with van der Waals surface area (Å²) in [5, 5.41) is 7.71. The van der Waals surface area contributed by atoms with Crippen molar-refractivity contribution in [1.29, 1.82) is 0 Å². The number of anilines is 1. The van der Waals surface area contributed by atoms with Crippen molar-refractivity contribution in [2.75, 3.05) is 12.4 Å². The highest BCUT2D eigenvalue weighted by molar-refractivity contribution is 6.00. The Morgan fingerprint density at radius 1 is 1.10 bits per heavy atom. The summed E-state index contributed by atoms with van der Waals surface area (Å²) in [6, 6.07) is 17.8. The van der Waals surface area contributed by atoms with Crippen LogP contribution in [0.25, 0.3) is 6.08 Å². The van der Waals surface area contributed by atoms with Crippen molar-refractivity contribution in [3.63, 3.8) is 0 Å². The lowest BCUT2D eigenvalue weighted by Crippen LogP contribution is -2.32. The summed E-state index contributed by atoms with van der Waals surface area (Å²) in [4.78, 5) is 17.6. The third-order valence-corrected chi connectivity index (χ3v) is 5.76. The Morgan fingerprint density at radius 3 is 2.67 bits per heavy atom. The molecule has 5 rings (SSSR count). The van der Waals surface area contributed by atoms with E-state index in [4.69, 9.17) is 4.74 Å². The van der Waals surface area contributed by atoms with Gasteiger partial charge in [0.05, 0.1) is 7.11 Å². The number of methoxy groups -OCH3 is 1. The van der Waals surface area contributed by atoms with Gasteiger partial charge in [-0.3, -0.25) is 4.79 Å². The van der Waals surface area contributed by atoms with Crippen molar-refractivity contribution in [2.45, 2.75) is 24.8 Å². The van der Waals surface area contributed by atoms with Crippen LogP contribution < -0.4 is 10.1 Å². The lowest BCUT2D eigenvalue weighted by molar-refractivity contribution is -0.116. The zero-order chi connectivity index (χ0) is 20.5. The second-order valence-corrected chi connectivity index (χ2v) is 7.56. The number of fused-ring (bicyclic) bond motifs is 1. The van der Waals surface area contributed by atoms with Crippen molar-refractivity contribution in [1.82, 2.24) is 14.8 Å². The van der Waals surface area contributed by atoms with Crippen LogP contribution in [-0.4, -0.2) is 27.7 Å². The minimum atomic E-state index is -0.261. The highest BCUT2D eigenvalue weighted by Crippen LogP contribution is 2.42. The molecule has 0 amide bonds. The zero-order valence-electron chi connectivity index (χ0n) is 16.7. The van der Waals surface area contributed by atoms with E-state index in [1.54, 1.807) is 11.8 Å². The van der Waals surface area contributed by atoms with Gasteiger partial charge < -0.3 is 10.1 Å². The van der Waals surface area contributed by atoms with Crippen LogP contribution in [-0.2, 0) is 4.79 Å². The Morgan fingerprint density at radius 2 is 1.90 bits per heavy atom. The molecule has 2 aromatic carbocycles. The zero-order valence-corrected chi connectivity index (χ0v) is 16.7. The van der Waals surface area contributed by atoms with Crippen molar-refractivity contribution in [3.8, 4) is 5.75 Å². The van der Waals surface area contributed by atoms with Gasteiger partial charge in [-0.05, 0) is 35.6 Å². The lowest BCUT2D eigenvalue weighted by atomic mass is 9.79. The maximum absolute atomic E-state index is 13.3. The molecule has 0 radical (unpaired) electrons. The van der Waals surface area contributed by atoms with E-state index in [1.165, 1.54) is 6.33 Å². The van der Waals surface area contributed by atoms with Crippen LogP contribution in [0, 0.1) is 0 Å². The lowest BCUT2D eigenvalue weighted by Gasteiger charge is -2.34. The molecule has 30 heavy (non-hydrogen) atoms. The minimum Gasteiger partial charge on any atom is -0.497 e. The summed E-state index contributed by atoms with van der Waals surface area (Å²) < 4.78 is 7.04. The molecular formula is C24H22N4O2. The molecule has 0 bridgehead atoms. The number of hydrogen-bond donors (Lipinski definition) is 1. The van der Waals surface area contributed by atoms with Gasteiger partial charge in [-0.1, -0.05) is 54.6 Å². The van der Waals surface area contributed by atoms with Gasteiger partial charge in [0, 0.05) is 17.7 Å². The molecule has 6 heteroatoms. The van der Waals surface area contributed by atoms with Gasteiger partial charge in [0.25, 0.3) is 0 Å². The molecule has 2 aliphatic rings. The minimum absolute atomic E-state index is 0.128. The Labute approximate surface area is 174 Å². The van der Waals surface area contributed by atoms with E-state index >= 15 is 0 Å². The van der Waals surface area contributed by atoms with Crippen molar-refractivity contribution in [2.24, 2.45) is 0 Å². The molecule has 1 aliphatic heterocycles. The smallest absolute Gasteiger partial charge is 0.226 e. The van der Waals surface area contributed by atoms with Gasteiger partial charge in [0.1, 0.15) is 18.1 Å². The highest BCUT2D eigenvalue weighted by atomic mass is 16.5.